The number of hydrogen-bond acceptors (Lipinski definition) is 4. The van der Waals surface area contributed by atoms with Gasteiger partial charge in [-0.3, -0.25) is 14.4 Å². The highest BCUT2D eigenvalue weighted by Gasteiger charge is 2.37. The summed E-state index contributed by atoms with van der Waals surface area (Å²) in [5.41, 5.74) is 0. The van der Waals surface area contributed by atoms with E-state index in [-0.39, 0.29) is 23.8 Å². The van der Waals surface area contributed by atoms with Gasteiger partial charge in [0, 0.05) is 45.3 Å². The Morgan fingerprint density at radius 1 is 1.10 bits per heavy atom. The molecule has 7 heteroatoms. The average Bonchev–Trinajstić information content (AvgIpc) is 2.95. The quantitative estimate of drug-likeness (QED) is 0.719. The molecule has 0 aromatic carbocycles. The zero-order valence-electron chi connectivity index (χ0n) is 12.0. The molecule has 6 nitrogen and oxygen atoms in total. The Morgan fingerprint density at radius 3 is 2.25 bits per heavy atom. The van der Waals surface area contributed by atoms with E-state index in [1.165, 1.54) is 0 Å². The first kappa shape index (κ1) is 15.2. The zero-order chi connectivity index (χ0) is 14.7. The molecule has 2 saturated heterocycles. The lowest BCUT2D eigenvalue weighted by molar-refractivity contribution is -0.145. The molecule has 3 amide bonds. The van der Waals surface area contributed by atoms with Crippen LogP contribution in [-0.2, 0) is 14.4 Å². The maximum atomic E-state index is 12.5. The third-order valence-electron chi connectivity index (χ3n) is 3.83. The summed E-state index contributed by atoms with van der Waals surface area (Å²) in [6.45, 7) is 5.66. The highest BCUT2D eigenvalue weighted by molar-refractivity contribution is 7.99. The molecule has 0 spiro atoms. The molecule has 0 aromatic heterocycles. The van der Waals surface area contributed by atoms with Crippen molar-refractivity contribution in [1.82, 2.24) is 14.7 Å². The first-order valence-corrected chi connectivity index (χ1v) is 8.11. The van der Waals surface area contributed by atoms with E-state index in [9.17, 15) is 14.4 Å². The van der Waals surface area contributed by atoms with Gasteiger partial charge in [-0.2, -0.15) is 0 Å². The number of hydrogen-bond donors (Lipinski definition) is 0. The lowest BCUT2D eigenvalue weighted by atomic mass is 10.2. The SMILES string of the molecule is CCC(=O)N1CSCC1C(=O)N1CCN(C(C)=O)CC1. The molecular weight excluding hydrogens is 278 g/mol. The van der Waals surface area contributed by atoms with Gasteiger partial charge in [-0.15, -0.1) is 11.8 Å². The van der Waals surface area contributed by atoms with Gasteiger partial charge in [0.15, 0.2) is 0 Å². The molecule has 0 radical (unpaired) electrons. The zero-order valence-corrected chi connectivity index (χ0v) is 12.8. The van der Waals surface area contributed by atoms with Crippen LogP contribution in [0.3, 0.4) is 0 Å². The minimum atomic E-state index is -0.323. The van der Waals surface area contributed by atoms with Gasteiger partial charge in [-0.25, -0.2) is 0 Å². The second-order valence-corrected chi connectivity index (χ2v) is 6.06. The molecule has 0 aliphatic carbocycles. The van der Waals surface area contributed by atoms with Crippen molar-refractivity contribution in [3.05, 3.63) is 0 Å². The molecule has 20 heavy (non-hydrogen) atoms. The van der Waals surface area contributed by atoms with Crippen LogP contribution in [0.25, 0.3) is 0 Å². The Hall–Kier alpha value is -1.24. The fourth-order valence-electron chi connectivity index (χ4n) is 2.55. The van der Waals surface area contributed by atoms with Crippen LogP contribution >= 0.6 is 11.8 Å². The van der Waals surface area contributed by atoms with E-state index in [2.05, 4.69) is 0 Å². The summed E-state index contributed by atoms with van der Waals surface area (Å²) in [4.78, 5) is 40.9. The lowest BCUT2D eigenvalue weighted by Crippen LogP contribution is -2.55. The third-order valence-corrected chi connectivity index (χ3v) is 4.84. The van der Waals surface area contributed by atoms with Crippen LogP contribution in [0.5, 0.6) is 0 Å². The second kappa shape index (κ2) is 6.47. The van der Waals surface area contributed by atoms with Crippen molar-refractivity contribution in [1.29, 1.82) is 0 Å². The number of carbonyl (C=O) groups excluding carboxylic acids is 3. The van der Waals surface area contributed by atoms with E-state index in [4.69, 9.17) is 0 Å². The van der Waals surface area contributed by atoms with E-state index in [0.717, 1.165) is 0 Å². The van der Waals surface area contributed by atoms with Gasteiger partial charge in [0.1, 0.15) is 6.04 Å². The number of rotatable bonds is 2. The molecule has 112 valence electrons. The molecule has 2 heterocycles. The summed E-state index contributed by atoms with van der Waals surface area (Å²) in [7, 11) is 0. The summed E-state index contributed by atoms with van der Waals surface area (Å²) in [6, 6.07) is -0.323. The molecule has 0 aromatic rings. The summed E-state index contributed by atoms with van der Waals surface area (Å²) in [5.74, 6) is 1.40. The normalized spacial score (nSPS) is 23.1. The Kier molecular flexibility index (Phi) is 4.91. The predicted octanol–water partition coefficient (Wildman–Crippen LogP) is -0.0114. The molecule has 2 rings (SSSR count). The number of nitrogens with zero attached hydrogens (tertiary/aromatic N) is 3. The van der Waals surface area contributed by atoms with Gasteiger partial charge in [0.05, 0.1) is 5.88 Å². The van der Waals surface area contributed by atoms with Gasteiger partial charge in [0.25, 0.3) is 0 Å². The molecule has 1 unspecified atom stereocenters. The van der Waals surface area contributed by atoms with Crippen molar-refractivity contribution in [2.24, 2.45) is 0 Å². The standard InChI is InChI=1S/C13H21N3O3S/c1-3-12(18)16-9-20-8-11(16)13(19)15-6-4-14(5-7-15)10(2)17/h11H,3-9H2,1-2H3. The maximum absolute atomic E-state index is 12.5. The largest absolute Gasteiger partial charge is 0.339 e. The second-order valence-electron chi connectivity index (χ2n) is 5.06. The third kappa shape index (κ3) is 3.08. The van der Waals surface area contributed by atoms with Gasteiger partial charge in [-0.1, -0.05) is 6.92 Å². The van der Waals surface area contributed by atoms with E-state index in [1.807, 2.05) is 6.92 Å². The molecule has 2 fully saturated rings. The summed E-state index contributed by atoms with van der Waals surface area (Å²) in [5, 5.41) is 0. The number of thioether (sulfide) groups is 1. The van der Waals surface area contributed by atoms with Gasteiger partial charge >= 0.3 is 0 Å². The van der Waals surface area contributed by atoms with Crippen LogP contribution in [0.4, 0.5) is 0 Å². The van der Waals surface area contributed by atoms with Crippen LogP contribution < -0.4 is 0 Å². The van der Waals surface area contributed by atoms with Crippen molar-refractivity contribution in [2.75, 3.05) is 37.8 Å². The molecule has 1 atom stereocenters. The summed E-state index contributed by atoms with van der Waals surface area (Å²) in [6.07, 6.45) is 0.433. The molecular formula is C13H21N3O3S. The van der Waals surface area contributed by atoms with Crippen molar-refractivity contribution < 1.29 is 14.4 Å². The molecule has 0 saturated carbocycles. The van der Waals surface area contributed by atoms with Crippen LogP contribution in [0.1, 0.15) is 20.3 Å². The van der Waals surface area contributed by atoms with Gasteiger partial charge in [0.2, 0.25) is 17.7 Å². The molecule has 0 bridgehead atoms. The smallest absolute Gasteiger partial charge is 0.246 e. The highest BCUT2D eigenvalue weighted by atomic mass is 32.2. The Bertz CT molecular complexity index is 408. The topological polar surface area (TPSA) is 60.9 Å². The number of amides is 3. The Labute approximate surface area is 123 Å². The van der Waals surface area contributed by atoms with E-state index < -0.39 is 0 Å². The first-order chi connectivity index (χ1) is 9.54. The van der Waals surface area contributed by atoms with Gasteiger partial charge < -0.3 is 14.7 Å². The molecule has 0 N–H and O–H groups in total. The van der Waals surface area contributed by atoms with E-state index in [1.54, 1.807) is 33.4 Å². The number of piperazine rings is 1. The van der Waals surface area contributed by atoms with Crippen molar-refractivity contribution in [3.63, 3.8) is 0 Å². The summed E-state index contributed by atoms with van der Waals surface area (Å²) < 4.78 is 0. The van der Waals surface area contributed by atoms with Crippen LogP contribution in [0.2, 0.25) is 0 Å². The minimum absolute atomic E-state index is 0.0278. The maximum Gasteiger partial charge on any atom is 0.246 e. The van der Waals surface area contributed by atoms with Crippen molar-refractivity contribution in [2.45, 2.75) is 26.3 Å². The summed E-state index contributed by atoms with van der Waals surface area (Å²) >= 11 is 1.62. The monoisotopic (exact) mass is 299 g/mol. The Morgan fingerprint density at radius 2 is 1.70 bits per heavy atom. The lowest BCUT2D eigenvalue weighted by Gasteiger charge is -2.36. The van der Waals surface area contributed by atoms with Crippen molar-refractivity contribution >= 4 is 29.5 Å². The van der Waals surface area contributed by atoms with Crippen LogP contribution in [0, 0.1) is 0 Å². The average molecular weight is 299 g/mol. The van der Waals surface area contributed by atoms with Crippen LogP contribution in [-0.4, -0.2) is 76.3 Å². The van der Waals surface area contributed by atoms with E-state index >= 15 is 0 Å². The molecule has 2 aliphatic heterocycles. The van der Waals surface area contributed by atoms with E-state index in [0.29, 0.717) is 44.2 Å². The number of carbonyl (C=O) groups is 3. The van der Waals surface area contributed by atoms with Gasteiger partial charge in [-0.05, 0) is 0 Å². The fourth-order valence-corrected chi connectivity index (χ4v) is 3.72. The fraction of sp³-hybridized carbons (Fsp3) is 0.769. The Balaban J connectivity index is 1.94. The highest BCUT2D eigenvalue weighted by Crippen LogP contribution is 2.23. The van der Waals surface area contributed by atoms with Crippen LogP contribution in [0.15, 0.2) is 0 Å². The predicted molar refractivity (Wildman–Crippen MR) is 77.1 cm³/mol. The first-order valence-electron chi connectivity index (χ1n) is 6.96. The minimum Gasteiger partial charge on any atom is -0.339 e. The molecule has 2 aliphatic rings. The van der Waals surface area contributed by atoms with Crippen molar-refractivity contribution in [3.8, 4) is 0 Å².